The van der Waals surface area contributed by atoms with Gasteiger partial charge < -0.3 is 9.47 Å². The molecule has 210 valence electrons. The highest BCUT2D eigenvalue weighted by Crippen LogP contribution is 2.31. The van der Waals surface area contributed by atoms with Gasteiger partial charge in [-0.2, -0.15) is 0 Å². The summed E-state index contributed by atoms with van der Waals surface area (Å²) in [5.74, 6) is 0.536. The van der Waals surface area contributed by atoms with Gasteiger partial charge in [-0.05, 0) is 60.7 Å². The van der Waals surface area contributed by atoms with Gasteiger partial charge >= 0.3 is 5.97 Å². The van der Waals surface area contributed by atoms with E-state index in [0.29, 0.717) is 43.9 Å². The summed E-state index contributed by atoms with van der Waals surface area (Å²) in [4.78, 5) is 32.4. The number of thiazole rings is 1. The van der Waals surface area contributed by atoms with Crippen molar-refractivity contribution in [3.63, 3.8) is 0 Å². The van der Waals surface area contributed by atoms with E-state index in [1.54, 1.807) is 18.4 Å². The van der Waals surface area contributed by atoms with Crippen LogP contribution in [0, 0.1) is 0 Å². The van der Waals surface area contributed by atoms with Crippen molar-refractivity contribution in [2.24, 2.45) is 4.99 Å². The van der Waals surface area contributed by atoms with Crippen molar-refractivity contribution >= 4 is 35.0 Å². The van der Waals surface area contributed by atoms with E-state index in [0.717, 1.165) is 16.7 Å². The lowest BCUT2D eigenvalue weighted by atomic mass is 9.93. The van der Waals surface area contributed by atoms with E-state index < -0.39 is 12.0 Å². The van der Waals surface area contributed by atoms with Gasteiger partial charge in [0.25, 0.3) is 5.56 Å². The average Bonchev–Trinajstić information content (AvgIpc) is 3.26. The number of carbonyl (C=O) groups excluding carboxylic acids is 1. The van der Waals surface area contributed by atoms with Gasteiger partial charge in [0.2, 0.25) is 0 Å². The topological polar surface area (TPSA) is 69.9 Å². The summed E-state index contributed by atoms with van der Waals surface area (Å²) in [7, 11) is 0. The molecule has 0 spiro atoms. The summed E-state index contributed by atoms with van der Waals surface area (Å²) >= 11 is 7.30. The second-order valence-corrected chi connectivity index (χ2v) is 11.5. The van der Waals surface area contributed by atoms with Gasteiger partial charge in [0.05, 0.1) is 28.5 Å². The second kappa shape index (κ2) is 12.3. The highest BCUT2D eigenvalue weighted by Gasteiger charge is 2.33. The maximum Gasteiger partial charge on any atom is 0.338 e. The highest BCUT2D eigenvalue weighted by molar-refractivity contribution is 7.07. The molecule has 0 saturated heterocycles. The molecule has 0 fully saturated rings. The van der Waals surface area contributed by atoms with E-state index in [1.807, 2.05) is 78.9 Å². The number of fused-ring (bicyclic) bond motifs is 1. The van der Waals surface area contributed by atoms with Crippen molar-refractivity contribution in [3.8, 4) is 5.75 Å². The van der Waals surface area contributed by atoms with Crippen LogP contribution in [0.3, 0.4) is 0 Å². The van der Waals surface area contributed by atoms with Crippen LogP contribution in [0.4, 0.5) is 0 Å². The predicted octanol–water partition coefficient (Wildman–Crippen LogP) is 6.15. The number of carbonyl (C=O) groups is 1. The number of benzene rings is 3. The molecule has 0 amide bonds. The minimum Gasteiger partial charge on any atom is -0.488 e. The van der Waals surface area contributed by atoms with Crippen LogP contribution < -0.4 is 19.6 Å². The van der Waals surface area contributed by atoms with Gasteiger partial charge in [0.15, 0.2) is 4.80 Å². The molecule has 0 aliphatic carbocycles. The van der Waals surface area contributed by atoms with Gasteiger partial charge in [-0.3, -0.25) is 9.36 Å². The molecule has 0 bridgehead atoms. The number of rotatable bonds is 8. The Balaban J connectivity index is 1.59. The number of hydrogen-bond donors (Lipinski definition) is 0. The maximum absolute atomic E-state index is 14.0. The Hall–Kier alpha value is -3.94. The Bertz CT molecular complexity index is 1780. The molecule has 1 aromatic heterocycles. The molecule has 5 rings (SSSR count). The molecule has 6 nitrogen and oxygen atoms in total. The van der Waals surface area contributed by atoms with E-state index in [9.17, 15) is 9.59 Å². The molecule has 1 aliphatic rings. The normalized spacial score (nSPS) is 15.1. The van der Waals surface area contributed by atoms with Crippen molar-refractivity contribution in [1.29, 1.82) is 0 Å². The van der Waals surface area contributed by atoms with Gasteiger partial charge in [0.1, 0.15) is 12.4 Å². The van der Waals surface area contributed by atoms with Crippen LogP contribution in [-0.2, 0) is 16.1 Å². The summed E-state index contributed by atoms with van der Waals surface area (Å²) in [6.07, 6.45) is 1.82. The number of para-hydroxylation sites is 1. The lowest BCUT2D eigenvalue weighted by molar-refractivity contribution is -0.139. The predicted molar refractivity (Wildman–Crippen MR) is 163 cm³/mol. The number of halogens is 1. The number of hydrogen-bond acceptors (Lipinski definition) is 6. The van der Waals surface area contributed by atoms with E-state index in [2.05, 4.69) is 18.8 Å². The smallest absolute Gasteiger partial charge is 0.338 e. The SMILES string of the molecule is CCOC(=O)C1=C(C)N=c2s/c(=C\c3ccccc3OCc3ccc(Cl)cc3)c(=O)n2[C@@H]1c1ccc(C(C)C)cc1. The molecule has 0 unspecified atom stereocenters. The standard InChI is InChI=1S/C33H31ClN2O4S/c1-5-39-32(38)29-21(4)35-33-36(30(29)24-14-12-23(13-15-24)20(2)3)31(37)28(41-33)18-25-8-6-7-9-27(25)40-19-22-10-16-26(34)17-11-22/h6-18,20,30H,5,19H2,1-4H3/b28-18-/t30-/m1/s1. The average molecular weight is 587 g/mol. The lowest BCUT2D eigenvalue weighted by Crippen LogP contribution is -2.39. The van der Waals surface area contributed by atoms with Gasteiger partial charge in [-0.1, -0.05) is 91.4 Å². The molecule has 1 atom stereocenters. The molecule has 0 radical (unpaired) electrons. The monoisotopic (exact) mass is 586 g/mol. The van der Waals surface area contributed by atoms with Crippen LogP contribution >= 0.6 is 22.9 Å². The molecular formula is C33H31ClN2O4S. The van der Waals surface area contributed by atoms with Crippen LogP contribution in [0.5, 0.6) is 5.75 Å². The van der Waals surface area contributed by atoms with E-state index in [-0.39, 0.29) is 12.2 Å². The molecule has 2 heterocycles. The third kappa shape index (κ3) is 6.06. The third-order valence-electron chi connectivity index (χ3n) is 6.95. The number of aromatic nitrogens is 1. The quantitative estimate of drug-likeness (QED) is 0.232. The Morgan fingerprint density at radius 3 is 2.46 bits per heavy atom. The number of ether oxygens (including phenoxy) is 2. The van der Waals surface area contributed by atoms with Crippen LogP contribution in [0.2, 0.25) is 5.02 Å². The Labute approximate surface area is 247 Å². The van der Waals surface area contributed by atoms with Crippen molar-refractivity contribution in [2.45, 2.75) is 46.3 Å². The van der Waals surface area contributed by atoms with E-state index in [1.165, 1.54) is 16.9 Å². The first-order valence-electron chi connectivity index (χ1n) is 13.5. The van der Waals surface area contributed by atoms with Crippen LogP contribution in [0.15, 0.2) is 93.9 Å². The molecule has 8 heteroatoms. The fourth-order valence-electron chi connectivity index (χ4n) is 4.78. The minimum absolute atomic E-state index is 0.228. The van der Waals surface area contributed by atoms with Crippen LogP contribution in [0.1, 0.15) is 61.9 Å². The first-order chi connectivity index (χ1) is 19.8. The highest BCUT2D eigenvalue weighted by atomic mass is 35.5. The van der Waals surface area contributed by atoms with Gasteiger partial charge in [0, 0.05) is 10.6 Å². The zero-order valence-corrected chi connectivity index (χ0v) is 25.0. The number of allylic oxidation sites excluding steroid dienone is 1. The third-order valence-corrected chi connectivity index (χ3v) is 8.18. The molecule has 1 aliphatic heterocycles. The number of esters is 1. The molecular weight excluding hydrogens is 556 g/mol. The zero-order chi connectivity index (χ0) is 29.1. The second-order valence-electron chi connectivity index (χ2n) is 10.1. The largest absolute Gasteiger partial charge is 0.488 e. The van der Waals surface area contributed by atoms with Crippen molar-refractivity contribution in [2.75, 3.05) is 6.61 Å². The summed E-state index contributed by atoms with van der Waals surface area (Å²) in [5.41, 5.74) is 4.44. The van der Waals surface area contributed by atoms with Crippen molar-refractivity contribution < 1.29 is 14.3 Å². The molecule has 0 saturated carbocycles. The maximum atomic E-state index is 14.0. The minimum atomic E-state index is -0.648. The van der Waals surface area contributed by atoms with Gasteiger partial charge in [-0.25, -0.2) is 9.79 Å². The van der Waals surface area contributed by atoms with E-state index >= 15 is 0 Å². The number of nitrogens with zero attached hydrogens (tertiary/aromatic N) is 2. The zero-order valence-electron chi connectivity index (χ0n) is 23.4. The van der Waals surface area contributed by atoms with Crippen molar-refractivity contribution in [3.05, 3.63) is 131 Å². The van der Waals surface area contributed by atoms with Crippen LogP contribution in [-0.4, -0.2) is 17.1 Å². The summed E-state index contributed by atoms with van der Waals surface area (Å²) in [6, 6.07) is 22.5. The van der Waals surface area contributed by atoms with Crippen molar-refractivity contribution in [1.82, 2.24) is 4.57 Å². The Morgan fingerprint density at radius 1 is 1.07 bits per heavy atom. The van der Waals surface area contributed by atoms with Gasteiger partial charge in [-0.15, -0.1) is 0 Å². The summed E-state index contributed by atoms with van der Waals surface area (Å²) < 4.78 is 13.6. The molecule has 4 aromatic rings. The van der Waals surface area contributed by atoms with E-state index in [4.69, 9.17) is 21.1 Å². The lowest BCUT2D eigenvalue weighted by Gasteiger charge is -2.25. The fourth-order valence-corrected chi connectivity index (χ4v) is 5.95. The summed E-state index contributed by atoms with van der Waals surface area (Å²) in [6.45, 7) is 8.40. The first kappa shape index (κ1) is 28.6. The molecule has 41 heavy (non-hydrogen) atoms. The fraction of sp³-hybridized carbons (Fsp3) is 0.242. The summed E-state index contributed by atoms with van der Waals surface area (Å²) in [5, 5.41) is 0.667. The Morgan fingerprint density at radius 2 is 1.78 bits per heavy atom. The molecule has 3 aromatic carbocycles. The first-order valence-corrected chi connectivity index (χ1v) is 14.7. The Kier molecular flexibility index (Phi) is 8.57. The van der Waals surface area contributed by atoms with Crippen LogP contribution in [0.25, 0.3) is 6.08 Å². The molecule has 0 N–H and O–H groups in total.